The van der Waals surface area contributed by atoms with E-state index in [2.05, 4.69) is 4.98 Å². The van der Waals surface area contributed by atoms with Crippen molar-refractivity contribution in [3.63, 3.8) is 0 Å². The van der Waals surface area contributed by atoms with Gasteiger partial charge in [0.1, 0.15) is 5.82 Å². The minimum atomic E-state index is -1.36. The molecule has 1 aromatic heterocycles. The number of aromatic nitrogens is 1. The Bertz CT molecular complexity index is 520. The lowest BCUT2D eigenvalue weighted by atomic mass is 9.79. The fraction of sp³-hybridized carbons (Fsp3) is 0.583. The van der Waals surface area contributed by atoms with Crippen LogP contribution in [0.15, 0.2) is 17.3 Å². The van der Waals surface area contributed by atoms with Crippen molar-refractivity contribution in [2.24, 2.45) is 0 Å². The molecule has 0 spiro atoms. The molecule has 1 aliphatic heterocycles. The third-order valence-electron chi connectivity index (χ3n) is 3.70. The van der Waals surface area contributed by atoms with Crippen LogP contribution in [0.25, 0.3) is 0 Å². The first kappa shape index (κ1) is 14.6. The van der Waals surface area contributed by atoms with E-state index in [0.717, 1.165) is 6.20 Å². The monoisotopic (exact) mass is 285 g/mol. The molecule has 0 aromatic carbocycles. The SMILES string of the molecule is CS(=O)c1cncc(F)c1B1OC(C)(C)C(C)(C)O1. The Morgan fingerprint density at radius 1 is 1.21 bits per heavy atom. The smallest absolute Gasteiger partial charge is 0.399 e. The van der Waals surface area contributed by atoms with Gasteiger partial charge >= 0.3 is 7.12 Å². The van der Waals surface area contributed by atoms with E-state index in [9.17, 15) is 8.60 Å². The van der Waals surface area contributed by atoms with Crippen molar-refractivity contribution in [3.05, 3.63) is 18.2 Å². The van der Waals surface area contributed by atoms with Gasteiger partial charge in [0.25, 0.3) is 0 Å². The van der Waals surface area contributed by atoms with E-state index < -0.39 is 34.9 Å². The van der Waals surface area contributed by atoms with E-state index in [4.69, 9.17) is 9.31 Å². The molecule has 1 aliphatic rings. The number of rotatable bonds is 2. The topological polar surface area (TPSA) is 48.4 Å². The Balaban J connectivity index is 2.48. The summed E-state index contributed by atoms with van der Waals surface area (Å²) in [6.45, 7) is 7.53. The van der Waals surface area contributed by atoms with E-state index in [1.165, 1.54) is 12.5 Å². The Kier molecular flexibility index (Phi) is 3.57. The Morgan fingerprint density at radius 3 is 2.21 bits per heavy atom. The first-order valence-electron chi connectivity index (χ1n) is 5.98. The maximum absolute atomic E-state index is 14.0. The van der Waals surface area contributed by atoms with Gasteiger partial charge in [-0.2, -0.15) is 0 Å². The molecule has 7 heteroatoms. The molecule has 0 radical (unpaired) electrons. The zero-order valence-electron chi connectivity index (χ0n) is 11.7. The fourth-order valence-corrected chi connectivity index (χ4v) is 2.56. The summed E-state index contributed by atoms with van der Waals surface area (Å²) in [6, 6.07) is 0. The van der Waals surface area contributed by atoms with Gasteiger partial charge in [0.15, 0.2) is 0 Å². The van der Waals surface area contributed by atoms with Crippen LogP contribution in [-0.4, -0.2) is 33.8 Å². The van der Waals surface area contributed by atoms with Gasteiger partial charge in [-0.05, 0) is 27.7 Å². The maximum atomic E-state index is 14.0. The normalized spacial score (nSPS) is 22.5. The lowest BCUT2D eigenvalue weighted by Gasteiger charge is -2.32. The first-order chi connectivity index (χ1) is 8.66. The van der Waals surface area contributed by atoms with Crippen molar-refractivity contribution in [2.75, 3.05) is 6.26 Å². The molecule has 104 valence electrons. The van der Waals surface area contributed by atoms with E-state index in [1.54, 1.807) is 0 Å². The summed E-state index contributed by atoms with van der Waals surface area (Å²) < 4.78 is 37.3. The zero-order valence-corrected chi connectivity index (χ0v) is 12.5. The van der Waals surface area contributed by atoms with E-state index in [-0.39, 0.29) is 5.46 Å². The minimum absolute atomic E-state index is 0.175. The standard InChI is InChI=1S/C12H17BFNO3S/c1-11(2)12(3,4)18-13(17-11)10-8(14)6-15-7-9(10)19(5)16/h6-7H,1-5H3. The molecular weight excluding hydrogens is 268 g/mol. The molecule has 1 fully saturated rings. The van der Waals surface area contributed by atoms with E-state index in [1.807, 2.05) is 27.7 Å². The van der Waals surface area contributed by atoms with Crippen molar-refractivity contribution >= 4 is 23.4 Å². The molecule has 2 rings (SSSR count). The summed E-state index contributed by atoms with van der Waals surface area (Å²) in [5, 5.41) is 0. The van der Waals surface area contributed by atoms with E-state index >= 15 is 0 Å². The maximum Gasteiger partial charge on any atom is 0.499 e. The van der Waals surface area contributed by atoms with Crippen LogP contribution in [0.3, 0.4) is 0 Å². The summed E-state index contributed by atoms with van der Waals surface area (Å²) in [6.07, 6.45) is 3.95. The molecule has 1 saturated heterocycles. The Hall–Kier alpha value is -0.785. The summed E-state index contributed by atoms with van der Waals surface area (Å²) in [7, 11) is -2.23. The third kappa shape index (κ3) is 2.46. The number of hydrogen-bond acceptors (Lipinski definition) is 4. The van der Waals surface area contributed by atoms with Crippen molar-refractivity contribution < 1.29 is 17.9 Å². The molecule has 0 aliphatic carbocycles. The highest BCUT2D eigenvalue weighted by molar-refractivity contribution is 7.84. The molecule has 0 N–H and O–H groups in total. The number of nitrogens with zero attached hydrogens (tertiary/aromatic N) is 1. The van der Waals surface area contributed by atoms with Gasteiger partial charge in [0.2, 0.25) is 0 Å². The van der Waals surface area contributed by atoms with Gasteiger partial charge in [0.05, 0.1) is 33.1 Å². The molecule has 1 atom stereocenters. The summed E-state index contributed by atoms with van der Waals surface area (Å²) in [4.78, 5) is 4.04. The van der Waals surface area contributed by atoms with Gasteiger partial charge in [-0.15, -0.1) is 0 Å². The number of pyridine rings is 1. The zero-order chi connectivity index (χ0) is 14.4. The van der Waals surface area contributed by atoms with Crippen molar-refractivity contribution in [1.82, 2.24) is 4.98 Å². The van der Waals surface area contributed by atoms with Gasteiger partial charge in [0, 0.05) is 17.9 Å². The van der Waals surface area contributed by atoms with Gasteiger partial charge in [-0.1, -0.05) is 0 Å². The summed E-state index contributed by atoms with van der Waals surface area (Å²) in [5.74, 6) is -0.564. The summed E-state index contributed by atoms with van der Waals surface area (Å²) >= 11 is 0. The second kappa shape index (κ2) is 4.65. The highest BCUT2D eigenvalue weighted by Gasteiger charge is 2.53. The fourth-order valence-electron chi connectivity index (χ4n) is 1.85. The first-order valence-corrected chi connectivity index (χ1v) is 7.54. The van der Waals surface area contributed by atoms with Crippen molar-refractivity contribution in [2.45, 2.75) is 43.8 Å². The van der Waals surface area contributed by atoms with Crippen LogP contribution in [0, 0.1) is 5.82 Å². The molecule has 0 amide bonds. The molecule has 1 unspecified atom stereocenters. The quantitative estimate of drug-likeness (QED) is 0.767. The van der Waals surface area contributed by atoms with Gasteiger partial charge in [-0.25, -0.2) is 4.39 Å². The van der Waals surface area contributed by atoms with Crippen LogP contribution < -0.4 is 5.46 Å². The lowest BCUT2D eigenvalue weighted by Crippen LogP contribution is -2.41. The Labute approximate surface area is 115 Å². The van der Waals surface area contributed by atoms with Crippen LogP contribution in [0.2, 0.25) is 0 Å². The van der Waals surface area contributed by atoms with Crippen LogP contribution in [0.4, 0.5) is 4.39 Å². The van der Waals surface area contributed by atoms with Crippen LogP contribution in [-0.2, 0) is 20.1 Å². The number of halogens is 1. The molecule has 2 heterocycles. The average molecular weight is 285 g/mol. The highest BCUT2D eigenvalue weighted by atomic mass is 32.2. The van der Waals surface area contributed by atoms with E-state index in [0.29, 0.717) is 4.90 Å². The second-order valence-electron chi connectivity index (χ2n) is 5.58. The minimum Gasteiger partial charge on any atom is -0.399 e. The molecule has 0 bridgehead atoms. The van der Waals surface area contributed by atoms with Crippen LogP contribution >= 0.6 is 0 Å². The number of hydrogen-bond donors (Lipinski definition) is 0. The molecule has 19 heavy (non-hydrogen) atoms. The molecule has 1 aromatic rings. The molecular formula is C12H17BFNO3S. The van der Waals surface area contributed by atoms with Gasteiger partial charge < -0.3 is 9.31 Å². The van der Waals surface area contributed by atoms with Crippen LogP contribution in [0.1, 0.15) is 27.7 Å². The predicted octanol–water partition coefficient (Wildman–Crippen LogP) is 1.26. The van der Waals surface area contributed by atoms with Crippen molar-refractivity contribution in [3.8, 4) is 0 Å². The van der Waals surface area contributed by atoms with Crippen molar-refractivity contribution in [1.29, 1.82) is 0 Å². The van der Waals surface area contributed by atoms with Gasteiger partial charge in [-0.3, -0.25) is 9.19 Å². The van der Waals surface area contributed by atoms with Crippen LogP contribution in [0.5, 0.6) is 0 Å². The third-order valence-corrected chi connectivity index (χ3v) is 4.65. The predicted molar refractivity (Wildman–Crippen MR) is 72.2 cm³/mol. The molecule has 4 nitrogen and oxygen atoms in total. The summed E-state index contributed by atoms with van der Waals surface area (Å²) in [5.41, 5.74) is -0.964. The largest absolute Gasteiger partial charge is 0.499 e. The Morgan fingerprint density at radius 2 is 1.74 bits per heavy atom. The average Bonchev–Trinajstić information content (AvgIpc) is 2.47. The second-order valence-corrected chi connectivity index (χ2v) is 6.92. The highest BCUT2D eigenvalue weighted by Crippen LogP contribution is 2.36. The molecule has 0 saturated carbocycles. The lowest BCUT2D eigenvalue weighted by molar-refractivity contribution is 0.00578.